The van der Waals surface area contributed by atoms with Crippen LogP contribution in [-0.4, -0.2) is 38.9 Å². The number of aliphatic hydroxyl groups is 1. The lowest BCUT2D eigenvalue weighted by Crippen LogP contribution is -2.55. The number of aliphatic hydroxyl groups excluding tert-OH is 1. The molecule has 3 aliphatic rings. The van der Waals surface area contributed by atoms with Crippen LogP contribution in [-0.2, 0) is 15.7 Å². The molecule has 1 aromatic carbocycles. The Bertz CT molecular complexity index is 1320. The number of hydrogen-bond acceptors (Lipinski definition) is 6. The Labute approximate surface area is 210 Å². The highest BCUT2D eigenvalue weighted by atomic mass is 32.1. The summed E-state index contributed by atoms with van der Waals surface area (Å²) < 4.78 is 46.4. The van der Waals surface area contributed by atoms with Crippen molar-refractivity contribution in [3.8, 4) is 6.07 Å². The van der Waals surface area contributed by atoms with Gasteiger partial charge in [0.2, 0.25) is 0 Å². The van der Waals surface area contributed by atoms with Gasteiger partial charge in [-0.25, -0.2) is 4.98 Å². The van der Waals surface area contributed by atoms with Crippen molar-refractivity contribution in [2.45, 2.75) is 56.5 Å². The molecule has 7 nitrogen and oxygen atoms in total. The van der Waals surface area contributed by atoms with E-state index in [1.807, 2.05) is 6.92 Å². The molecule has 2 aromatic rings. The van der Waals surface area contributed by atoms with Crippen LogP contribution in [0, 0.1) is 11.3 Å². The first-order chi connectivity index (χ1) is 17.0. The van der Waals surface area contributed by atoms with Crippen LogP contribution in [0.5, 0.6) is 0 Å². The van der Waals surface area contributed by atoms with E-state index in [4.69, 9.17) is 22.2 Å². The van der Waals surface area contributed by atoms with E-state index in [1.54, 1.807) is 35.2 Å². The third-order valence-corrected chi connectivity index (χ3v) is 7.16. The van der Waals surface area contributed by atoms with E-state index in [9.17, 15) is 23.1 Å². The van der Waals surface area contributed by atoms with Gasteiger partial charge in [0.1, 0.15) is 17.4 Å². The van der Waals surface area contributed by atoms with Crippen LogP contribution < -0.4 is 9.80 Å². The predicted molar refractivity (Wildman–Crippen MR) is 129 cm³/mol. The smallest absolute Gasteiger partial charge is 0.419 e. The number of halogens is 3. The second kappa shape index (κ2) is 8.57. The van der Waals surface area contributed by atoms with Gasteiger partial charge in [-0.05, 0) is 74.8 Å². The maximum atomic E-state index is 13.6. The van der Waals surface area contributed by atoms with Gasteiger partial charge < -0.3 is 14.7 Å². The van der Waals surface area contributed by atoms with Crippen molar-refractivity contribution < 1.29 is 27.8 Å². The molecule has 1 spiro atoms. The average Bonchev–Trinajstić information content (AvgIpc) is 3.04. The monoisotopic (exact) mass is 514 g/mol. The summed E-state index contributed by atoms with van der Waals surface area (Å²) in [5.41, 5.74) is -1.76. The van der Waals surface area contributed by atoms with Crippen molar-refractivity contribution in [1.29, 1.82) is 5.26 Å². The molecule has 0 bridgehead atoms. The first-order valence-electron chi connectivity index (χ1n) is 11.4. The summed E-state index contributed by atoms with van der Waals surface area (Å²) in [6, 6.07) is 9.31. The van der Waals surface area contributed by atoms with Crippen molar-refractivity contribution in [1.82, 2.24) is 4.98 Å². The molecule has 2 atom stereocenters. The molecule has 11 heteroatoms. The standard InChI is InChI=1S/C25H21F3N4O3S/c1-14-9-18(33)11-21(35-14)15-3-5-16(6-4-15)32-23(36)31(22(34)24(32)7-2-8-24)17-10-19(25(26,27)28)20(12-29)30-13-17/h3-6,10-11,13-14,18,33H,2,7-9H2,1H3/t14-,18+/m1/s1. The van der Waals surface area contributed by atoms with Gasteiger partial charge in [0, 0.05) is 17.7 Å². The molecule has 1 N–H and O–H groups in total. The Kier molecular flexibility index (Phi) is 5.76. The third-order valence-electron chi connectivity index (χ3n) is 6.79. The van der Waals surface area contributed by atoms with Gasteiger partial charge in [-0.1, -0.05) is 0 Å². The number of benzene rings is 1. The number of anilines is 2. The quantitative estimate of drug-likeness (QED) is 0.602. The molecule has 1 saturated heterocycles. The van der Waals surface area contributed by atoms with E-state index >= 15 is 0 Å². The van der Waals surface area contributed by atoms with Crippen LogP contribution in [0.1, 0.15) is 49.4 Å². The van der Waals surface area contributed by atoms with Crippen molar-refractivity contribution >= 4 is 40.4 Å². The Morgan fingerprint density at radius 1 is 1.25 bits per heavy atom. The van der Waals surface area contributed by atoms with Crippen molar-refractivity contribution in [3.63, 3.8) is 0 Å². The number of aromatic nitrogens is 1. The second-order valence-electron chi connectivity index (χ2n) is 9.15. The Morgan fingerprint density at radius 3 is 2.50 bits per heavy atom. The Hall–Kier alpha value is -3.49. The molecule has 1 saturated carbocycles. The number of ether oxygens (including phenoxy) is 1. The van der Waals surface area contributed by atoms with Crippen LogP contribution in [0.2, 0.25) is 0 Å². The van der Waals surface area contributed by atoms with Gasteiger partial charge in [-0.3, -0.25) is 9.69 Å². The molecule has 2 fully saturated rings. The fourth-order valence-electron chi connectivity index (χ4n) is 4.92. The summed E-state index contributed by atoms with van der Waals surface area (Å²) in [5.74, 6) is 0.133. The lowest BCUT2D eigenvalue weighted by molar-refractivity contribution is -0.138. The topological polar surface area (TPSA) is 89.7 Å². The van der Waals surface area contributed by atoms with Crippen LogP contribution in [0.25, 0.3) is 5.76 Å². The first kappa shape index (κ1) is 24.2. The van der Waals surface area contributed by atoms with Crippen molar-refractivity contribution in [2.75, 3.05) is 9.80 Å². The molecule has 1 amide bonds. The molecular weight excluding hydrogens is 493 g/mol. The lowest BCUT2D eigenvalue weighted by Gasteiger charge is -2.43. The van der Waals surface area contributed by atoms with E-state index in [0.717, 1.165) is 29.1 Å². The van der Waals surface area contributed by atoms with Crippen LogP contribution in [0.3, 0.4) is 0 Å². The molecule has 1 aliphatic carbocycles. The second-order valence-corrected chi connectivity index (χ2v) is 9.52. The molecule has 3 heterocycles. The van der Waals surface area contributed by atoms with Gasteiger partial charge in [0.25, 0.3) is 5.91 Å². The van der Waals surface area contributed by atoms with Crippen LogP contribution in [0.15, 0.2) is 42.6 Å². The maximum absolute atomic E-state index is 13.6. The number of nitrogens with zero attached hydrogens (tertiary/aromatic N) is 4. The molecule has 2 aliphatic heterocycles. The van der Waals surface area contributed by atoms with Crippen LogP contribution in [0.4, 0.5) is 24.5 Å². The minimum Gasteiger partial charge on any atom is -0.490 e. The minimum absolute atomic E-state index is 0.0456. The first-order valence-corrected chi connectivity index (χ1v) is 11.8. The zero-order valence-electron chi connectivity index (χ0n) is 19.1. The third kappa shape index (κ3) is 3.81. The minimum atomic E-state index is -4.82. The van der Waals surface area contributed by atoms with Gasteiger partial charge in [0.05, 0.1) is 29.7 Å². The largest absolute Gasteiger partial charge is 0.490 e. The fraction of sp³-hybridized carbons (Fsp3) is 0.360. The van der Waals surface area contributed by atoms with Crippen molar-refractivity contribution in [3.05, 3.63) is 59.4 Å². The highest BCUT2D eigenvalue weighted by molar-refractivity contribution is 7.81. The maximum Gasteiger partial charge on any atom is 0.419 e. The summed E-state index contributed by atoms with van der Waals surface area (Å²) >= 11 is 5.63. The number of pyridine rings is 1. The fourth-order valence-corrected chi connectivity index (χ4v) is 5.38. The van der Waals surface area contributed by atoms with E-state index in [1.165, 1.54) is 6.07 Å². The zero-order chi connectivity index (χ0) is 25.8. The number of nitriles is 1. The van der Waals surface area contributed by atoms with Gasteiger partial charge in [0.15, 0.2) is 10.8 Å². The zero-order valence-corrected chi connectivity index (χ0v) is 19.9. The molecular formula is C25H21F3N4O3S. The van der Waals surface area contributed by atoms with E-state index in [2.05, 4.69) is 4.98 Å². The molecule has 0 unspecified atom stereocenters. The number of thiocarbonyl (C=S) groups is 1. The number of amides is 1. The number of hydrogen-bond donors (Lipinski definition) is 1. The van der Waals surface area contributed by atoms with E-state index in [0.29, 0.717) is 30.7 Å². The number of rotatable bonds is 3. The van der Waals surface area contributed by atoms with Gasteiger partial charge in [-0.2, -0.15) is 18.4 Å². The molecule has 1 aromatic heterocycles. The molecule has 36 heavy (non-hydrogen) atoms. The molecule has 186 valence electrons. The van der Waals surface area contributed by atoms with E-state index in [-0.39, 0.29) is 16.9 Å². The molecule has 0 radical (unpaired) electrons. The van der Waals surface area contributed by atoms with Gasteiger partial charge >= 0.3 is 6.18 Å². The summed E-state index contributed by atoms with van der Waals surface area (Å²) in [6.07, 6.45) is -0.587. The van der Waals surface area contributed by atoms with Crippen molar-refractivity contribution in [2.24, 2.45) is 0 Å². The van der Waals surface area contributed by atoms with E-state index < -0.39 is 35.0 Å². The summed E-state index contributed by atoms with van der Waals surface area (Å²) in [4.78, 5) is 20.0. The average molecular weight is 515 g/mol. The Morgan fingerprint density at radius 2 is 1.94 bits per heavy atom. The predicted octanol–water partition coefficient (Wildman–Crippen LogP) is 4.54. The SMILES string of the molecule is C[C@@H]1C[C@H](O)C=C(c2ccc(N3C(=S)N(c4cnc(C#N)c(C(F)(F)F)c4)C(=O)C34CCC4)cc2)O1. The summed E-state index contributed by atoms with van der Waals surface area (Å²) in [7, 11) is 0. The lowest BCUT2D eigenvalue weighted by atomic mass is 9.75. The molecule has 5 rings (SSSR count). The Balaban J connectivity index is 1.51. The summed E-state index contributed by atoms with van der Waals surface area (Å²) in [5, 5.41) is 19.1. The highest BCUT2D eigenvalue weighted by Crippen LogP contribution is 2.48. The normalized spacial score (nSPS) is 23.3. The number of carbonyl (C=O) groups is 1. The number of alkyl halides is 3. The van der Waals surface area contributed by atoms with Gasteiger partial charge in [-0.15, -0.1) is 0 Å². The van der Waals surface area contributed by atoms with Crippen LogP contribution >= 0.6 is 12.2 Å². The summed E-state index contributed by atoms with van der Waals surface area (Å²) in [6.45, 7) is 1.87. The number of carbonyl (C=O) groups excluding carboxylic acids is 1. The highest BCUT2D eigenvalue weighted by Gasteiger charge is 2.59.